The minimum atomic E-state index is -0.362. The first-order valence-corrected chi connectivity index (χ1v) is 12.5. The monoisotopic (exact) mass is 579 g/mol. The first kappa shape index (κ1) is 18.1. The van der Waals surface area contributed by atoms with E-state index in [4.69, 9.17) is 4.74 Å². The molecule has 2 aromatic carbocycles. The van der Waals surface area contributed by atoms with E-state index in [-0.39, 0.29) is 23.2 Å². The van der Waals surface area contributed by atoms with Crippen LogP contribution in [0.25, 0.3) is 0 Å². The molecule has 6 rings (SSSR count). The Morgan fingerprint density at radius 1 is 0.800 bits per heavy atom. The number of benzene rings is 2. The van der Waals surface area contributed by atoms with Crippen LogP contribution in [0.1, 0.15) is 25.0 Å². The van der Waals surface area contributed by atoms with Gasteiger partial charge in [0.1, 0.15) is 0 Å². The Morgan fingerprint density at radius 2 is 1.50 bits per heavy atom. The van der Waals surface area contributed by atoms with Gasteiger partial charge in [-0.3, -0.25) is 0 Å². The van der Waals surface area contributed by atoms with Crippen LogP contribution in [0, 0.1) is 0 Å². The summed E-state index contributed by atoms with van der Waals surface area (Å²) in [4.78, 5) is 9.82. The van der Waals surface area contributed by atoms with Crippen LogP contribution in [0.3, 0.4) is 0 Å². The summed E-state index contributed by atoms with van der Waals surface area (Å²) >= 11 is -0.362. The van der Waals surface area contributed by atoms with Crippen molar-refractivity contribution in [3.05, 3.63) is 84.5 Å². The third-order valence-corrected chi connectivity index (χ3v) is 9.54. The zero-order valence-corrected chi connectivity index (χ0v) is 19.3. The summed E-state index contributed by atoms with van der Waals surface area (Å²) in [5, 5.41) is 0. The zero-order chi connectivity index (χ0) is 20.3. The van der Waals surface area contributed by atoms with Crippen molar-refractivity contribution in [1.82, 2.24) is 19.6 Å². The van der Waals surface area contributed by atoms with E-state index in [0.717, 1.165) is 31.1 Å². The van der Waals surface area contributed by atoms with Gasteiger partial charge in [0, 0.05) is 0 Å². The van der Waals surface area contributed by atoms with Gasteiger partial charge < -0.3 is 0 Å². The Bertz CT molecular complexity index is 1160. The molecule has 4 aliphatic heterocycles. The van der Waals surface area contributed by atoms with E-state index in [2.05, 4.69) is 94.6 Å². The standard InChI is InChI=1S/C24H24N4O.Pt/c1-24(2)21-6-4-8-23(16-21)29-22-7-3-5-20(15-22)17-27-12-11-25(18-27)9-10-26-13-14-28(24)19-26;/h3-8,11-16H,9-10,17H2,1-2H3;. The second-order valence-corrected chi connectivity index (χ2v) is 11.0. The second-order valence-electron chi connectivity index (χ2n) is 8.38. The molecule has 0 aromatic heterocycles. The van der Waals surface area contributed by atoms with Crippen LogP contribution in [-0.4, -0.2) is 41.0 Å². The molecule has 5 nitrogen and oxygen atoms in total. The van der Waals surface area contributed by atoms with Crippen LogP contribution in [0.2, 0.25) is 0 Å². The fourth-order valence-electron chi connectivity index (χ4n) is 4.24. The fourth-order valence-corrected chi connectivity index (χ4v) is 7.95. The third kappa shape index (κ3) is 2.87. The van der Waals surface area contributed by atoms with Gasteiger partial charge in [-0.2, -0.15) is 0 Å². The second kappa shape index (κ2) is 6.68. The van der Waals surface area contributed by atoms with Crippen LogP contribution in [0.5, 0.6) is 11.5 Å². The molecule has 0 aliphatic carbocycles. The van der Waals surface area contributed by atoms with Gasteiger partial charge >= 0.3 is 185 Å². The fraction of sp³-hybridized carbons (Fsp3) is 0.250. The van der Waals surface area contributed by atoms with Crippen LogP contribution >= 0.6 is 0 Å². The minimum absolute atomic E-state index is 0.168. The van der Waals surface area contributed by atoms with Crippen molar-refractivity contribution >= 4 is 8.29 Å². The summed E-state index contributed by atoms with van der Waals surface area (Å²) in [6, 6.07) is 17.0. The SMILES string of the molecule is CC1(C)c2cccc(c2)Oc2cccc(c2)CN2C=CN3CCN4C=CN1[C]4=[Pt]=[C]32. The summed E-state index contributed by atoms with van der Waals surface area (Å²) in [7, 11) is 0. The summed E-state index contributed by atoms with van der Waals surface area (Å²) in [6.45, 7) is 7.51. The van der Waals surface area contributed by atoms with Crippen molar-refractivity contribution in [3.63, 3.8) is 0 Å². The normalized spacial score (nSPS) is 21.3. The van der Waals surface area contributed by atoms with Gasteiger partial charge in [0.05, 0.1) is 0 Å². The predicted octanol–water partition coefficient (Wildman–Crippen LogP) is 3.68. The van der Waals surface area contributed by atoms with Crippen molar-refractivity contribution < 1.29 is 22.4 Å². The van der Waals surface area contributed by atoms with E-state index in [1.54, 1.807) is 0 Å². The van der Waals surface area contributed by atoms with Crippen molar-refractivity contribution in [3.8, 4) is 11.5 Å². The molecule has 6 heteroatoms. The Hall–Kier alpha value is -2.65. The van der Waals surface area contributed by atoms with E-state index in [0.29, 0.717) is 0 Å². The Morgan fingerprint density at radius 3 is 2.37 bits per heavy atom. The number of ether oxygens (including phenoxy) is 1. The average Bonchev–Trinajstić information content (AvgIpc) is 3.27. The summed E-state index contributed by atoms with van der Waals surface area (Å²) in [6.07, 6.45) is 9.01. The molecule has 0 unspecified atom stereocenters. The van der Waals surface area contributed by atoms with Crippen LogP contribution in [-0.2, 0) is 29.7 Å². The van der Waals surface area contributed by atoms with Crippen molar-refractivity contribution in [2.75, 3.05) is 13.1 Å². The molecule has 0 N–H and O–H groups in total. The number of nitrogens with zero attached hydrogens (tertiary/aromatic N) is 4. The van der Waals surface area contributed by atoms with E-state index >= 15 is 0 Å². The number of fused-ring (bicyclic) bond motifs is 4. The molecule has 2 aromatic rings. The van der Waals surface area contributed by atoms with Gasteiger partial charge in [-0.15, -0.1) is 0 Å². The van der Waals surface area contributed by atoms with Gasteiger partial charge in [-0.25, -0.2) is 0 Å². The predicted molar refractivity (Wildman–Crippen MR) is 115 cm³/mol. The molecule has 0 fully saturated rings. The zero-order valence-electron chi connectivity index (χ0n) is 17.1. The van der Waals surface area contributed by atoms with Gasteiger partial charge in [0.15, 0.2) is 0 Å². The molecule has 4 heterocycles. The molecule has 0 radical (unpaired) electrons. The number of hydrogen-bond donors (Lipinski definition) is 0. The molecule has 156 valence electrons. The van der Waals surface area contributed by atoms with Gasteiger partial charge in [-0.1, -0.05) is 0 Å². The maximum atomic E-state index is 6.27. The van der Waals surface area contributed by atoms with Crippen molar-refractivity contribution in [1.29, 1.82) is 0 Å². The van der Waals surface area contributed by atoms with E-state index in [9.17, 15) is 0 Å². The first-order chi connectivity index (χ1) is 14.6. The van der Waals surface area contributed by atoms with Gasteiger partial charge in [0.2, 0.25) is 0 Å². The van der Waals surface area contributed by atoms with E-state index in [1.165, 1.54) is 19.4 Å². The summed E-state index contributed by atoms with van der Waals surface area (Å²) < 4.78 is 9.17. The Kier molecular flexibility index (Phi) is 4.04. The van der Waals surface area contributed by atoms with E-state index < -0.39 is 0 Å². The number of hydrogen-bond acceptors (Lipinski definition) is 5. The van der Waals surface area contributed by atoms with Crippen LogP contribution in [0.15, 0.2) is 73.3 Å². The molecule has 0 saturated heterocycles. The topological polar surface area (TPSA) is 22.2 Å². The Balaban J connectivity index is 1.57. The maximum absolute atomic E-state index is 6.27. The number of rotatable bonds is 0. The Labute approximate surface area is 185 Å². The average molecular weight is 580 g/mol. The first-order valence-electron chi connectivity index (χ1n) is 10.2. The van der Waals surface area contributed by atoms with Gasteiger partial charge in [0.25, 0.3) is 0 Å². The molecular formula is C24H24N4OPt. The van der Waals surface area contributed by atoms with Gasteiger partial charge in [-0.05, 0) is 0 Å². The molecule has 0 amide bonds. The summed E-state index contributed by atoms with van der Waals surface area (Å²) in [5.41, 5.74) is 2.35. The van der Waals surface area contributed by atoms with Crippen molar-refractivity contribution in [2.45, 2.75) is 25.9 Å². The molecule has 30 heavy (non-hydrogen) atoms. The summed E-state index contributed by atoms with van der Waals surface area (Å²) in [5.74, 6) is 1.77. The van der Waals surface area contributed by atoms with Crippen LogP contribution < -0.4 is 4.74 Å². The van der Waals surface area contributed by atoms with Crippen molar-refractivity contribution in [2.24, 2.45) is 0 Å². The molecule has 0 spiro atoms. The molecule has 4 aliphatic rings. The third-order valence-electron chi connectivity index (χ3n) is 6.02. The quantitative estimate of drug-likeness (QED) is 0.474. The van der Waals surface area contributed by atoms with E-state index in [1.807, 2.05) is 12.1 Å². The molecule has 0 atom stereocenters. The van der Waals surface area contributed by atoms with Crippen LogP contribution in [0.4, 0.5) is 0 Å². The molecule has 6 bridgehead atoms. The molecule has 0 saturated carbocycles. The molecular weight excluding hydrogens is 555 g/mol.